The van der Waals surface area contributed by atoms with Gasteiger partial charge in [0.1, 0.15) is 6.61 Å². The molecule has 0 bridgehead atoms. The molecule has 0 fully saturated rings. The van der Waals surface area contributed by atoms with Crippen LogP contribution in [0.15, 0.2) is 12.7 Å². The zero-order valence-corrected chi connectivity index (χ0v) is 9.59. The maximum Gasteiger partial charge on any atom is 0.389 e. The van der Waals surface area contributed by atoms with E-state index in [4.69, 9.17) is 9.47 Å². The Bertz CT molecular complexity index is 226. The summed E-state index contributed by atoms with van der Waals surface area (Å²) in [5.41, 5.74) is 0. The number of alkyl halides is 3. The second-order valence-electron chi connectivity index (χ2n) is 3.41. The largest absolute Gasteiger partial charge is 0.463 e. The summed E-state index contributed by atoms with van der Waals surface area (Å²) in [6, 6.07) is 0. The number of esters is 1. The highest BCUT2D eigenvalue weighted by atomic mass is 19.4. The summed E-state index contributed by atoms with van der Waals surface area (Å²) in [4.78, 5) is 11.0. The van der Waals surface area contributed by atoms with Crippen molar-refractivity contribution in [2.75, 3.05) is 19.8 Å². The number of hydrogen-bond acceptors (Lipinski definition) is 3. The lowest BCUT2D eigenvalue weighted by Crippen LogP contribution is -2.11. The van der Waals surface area contributed by atoms with E-state index in [9.17, 15) is 18.0 Å². The van der Waals surface area contributed by atoms with Crippen LogP contribution in [0.1, 0.15) is 25.7 Å². The van der Waals surface area contributed by atoms with Crippen molar-refractivity contribution in [2.24, 2.45) is 0 Å². The molecule has 0 rings (SSSR count). The highest BCUT2D eigenvalue weighted by Gasteiger charge is 2.25. The molecular formula is C11H17F3O3. The molecule has 17 heavy (non-hydrogen) atoms. The van der Waals surface area contributed by atoms with Gasteiger partial charge in [-0.2, -0.15) is 13.2 Å². The summed E-state index contributed by atoms with van der Waals surface area (Å²) in [5, 5.41) is 0. The zero-order chi connectivity index (χ0) is 13.1. The van der Waals surface area contributed by atoms with Crippen molar-refractivity contribution in [3.8, 4) is 0 Å². The number of ether oxygens (including phenoxy) is 2. The van der Waals surface area contributed by atoms with Gasteiger partial charge in [0.15, 0.2) is 0 Å². The van der Waals surface area contributed by atoms with E-state index in [1.165, 1.54) is 0 Å². The Hall–Kier alpha value is -1.04. The fraction of sp³-hybridized carbons (Fsp3) is 0.727. The summed E-state index contributed by atoms with van der Waals surface area (Å²) in [6.45, 7) is 4.20. The Morgan fingerprint density at radius 2 is 1.94 bits per heavy atom. The van der Waals surface area contributed by atoms with Crippen LogP contribution in [0.3, 0.4) is 0 Å². The Balaban J connectivity index is 3.32. The Morgan fingerprint density at radius 1 is 1.24 bits per heavy atom. The van der Waals surface area contributed by atoms with Crippen LogP contribution >= 0.6 is 0 Å². The number of unbranched alkanes of at least 4 members (excludes halogenated alkanes) is 1. The molecule has 0 unspecified atom stereocenters. The Morgan fingerprint density at radius 3 is 2.53 bits per heavy atom. The fourth-order valence-electron chi connectivity index (χ4n) is 1.05. The van der Waals surface area contributed by atoms with Crippen LogP contribution in [0.2, 0.25) is 0 Å². The van der Waals surface area contributed by atoms with Crippen LogP contribution in [0, 0.1) is 0 Å². The molecular weight excluding hydrogens is 237 g/mol. The minimum absolute atomic E-state index is 0.0114. The maximum atomic E-state index is 11.8. The summed E-state index contributed by atoms with van der Waals surface area (Å²) < 4.78 is 45.0. The highest BCUT2D eigenvalue weighted by Crippen LogP contribution is 2.22. The molecule has 0 aromatic carbocycles. The molecule has 0 saturated heterocycles. The summed E-state index contributed by atoms with van der Waals surface area (Å²) in [5.74, 6) is -0.491. The third kappa shape index (κ3) is 12.9. The molecule has 0 saturated carbocycles. The monoisotopic (exact) mass is 254 g/mol. The molecule has 0 heterocycles. The normalized spacial score (nSPS) is 11.2. The van der Waals surface area contributed by atoms with E-state index in [1.807, 2.05) is 0 Å². The standard InChI is InChI=1S/C11H17F3O3/c1-2-7-16-8-9-17-10(15)5-3-4-6-11(12,13)14/h2H,1,3-9H2. The summed E-state index contributed by atoms with van der Waals surface area (Å²) in [6.07, 6.45) is -3.29. The first-order chi connectivity index (χ1) is 7.95. The second-order valence-corrected chi connectivity index (χ2v) is 3.41. The topological polar surface area (TPSA) is 35.5 Å². The quantitative estimate of drug-likeness (QED) is 0.360. The number of rotatable bonds is 9. The van der Waals surface area contributed by atoms with Gasteiger partial charge in [0, 0.05) is 12.8 Å². The van der Waals surface area contributed by atoms with Gasteiger partial charge < -0.3 is 9.47 Å². The minimum Gasteiger partial charge on any atom is -0.463 e. The Kier molecular flexibility index (Phi) is 8.49. The van der Waals surface area contributed by atoms with Crippen molar-refractivity contribution in [1.29, 1.82) is 0 Å². The van der Waals surface area contributed by atoms with E-state index < -0.39 is 18.6 Å². The lowest BCUT2D eigenvalue weighted by molar-refractivity contribution is -0.147. The van der Waals surface area contributed by atoms with Gasteiger partial charge in [0.05, 0.1) is 13.2 Å². The average Bonchev–Trinajstić information content (AvgIpc) is 2.23. The SMILES string of the molecule is C=CCOCCOC(=O)CCCCC(F)(F)F. The lowest BCUT2D eigenvalue weighted by Gasteiger charge is -2.06. The second kappa shape index (κ2) is 9.04. The van der Waals surface area contributed by atoms with E-state index in [1.54, 1.807) is 6.08 Å². The van der Waals surface area contributed by atoms with Gasteiger partial charge in [-0.25, -0.2) is 0 Å². The van der Waals surface area contributed by atoms with Crippen molar-refractivity contribution in [3.05, 3.63) is 12.7 Å². The fourth-order valence-corrected chi connectivity index (χ4v) is 1.05. The van der Waals surface area contributed by atoms with E-state index in [0.29, 0.717) is 6.61 Å². The molecule has 6 heteroatoms. The number of halogens is 3. The average molecular weight is 254 g/mol. The van der Waals surface area contributed by atoms with Crippen molar-refractivity contribution in [1.82, 2.24) is 0 Å². The molecule has 0 aromatic heterocycles. The third-order valence-electron chi connectivity index (χ3n) is 1.82. The van der Waals surface area contributed by atoms with Crippen LogP contribution in [-0.4, -0.2) is 32.0 Å². The van der Waals surface area contributed by atoms with Gasteiger partial charge in [-0.05, 0) is 12.8 Å². The van der Waals surface area contributed by atoms with Crippen LogP contribution in [0.5, 0.6) is 0 Å². The molecule has 0 aliphatic heterocycles. The molecule has 0 atom stereocenters. The van der Waals surface area contributed by atoms with Gasteiger partial charge in [-0.3, -0.25) is 4.79 Å². The van der Waals surface area contributed by atoms with Gasteiger partial charge in [-0.1, -0.05) is 6.08 Å². The molecule has 0 radical (unpaired) electrons. The van der Waals surface area contributed by atoms with E-state index >= 15 is 0 Å². The van der Waals surface area contributed by atoms with Crippen molar-refractivity contribution in [2.45, 2.75) is 31.9 Å². The summed E-state index contributed by atoms with van der Waals surface area (Å²) >= 11 is 0. The van der Waals surface area contributed by atoms with Crippen molar-refractivity contribution < 1.29 is 27.4 Å². The maximum absolute atomic E-state index is 11.8. The molecule has 0 aliphatic carbocycles. The van der Waals surface area contributed by atoms with Crippen molar-refractivity contribution in [3.63, 3.8) is 0 Å². The van der Waals surface area contributed by atoms with E-state index in [-0.39, 0.29) is 32.5 Å². The van der Waals surface area contributed by atoms with E-state index in [0.717, 1.165) is 0 Å². The van der Waals surface area contributed by atoms with Crippen LogP contribution in [0.4, 0.5) is 13.2 Å². The van der Waals surface area contributed by atoms with Gasteiger partial charge in [0.2, 0.25) is 0 Å². The molecule has 0 amide bonds. The van der Waals surface area contributed by atoms with Gasteiger partial charge in [-0.15, -0.1) is 6.58 Å². The molecule has 100 valence electrons. The zero-order valence-electron chi connectivity index (χ0n) is 9.59. The minimum atomic E-state index is -4.15. The molecule has 3 nitrogen and oxygen atoms in total. The molecule has 0 aromatic rings. The van der Waals surface area contributed by atoms with Gasteiger partial charge in [0.25, 0.3) is 0 Å². The predicted molar refractivity (Wildman–Crippen MR) is 56.5 cm³/mol. The lowest BCUT2D eigenvalue weighted by atomic mass is 10.2. The third-order valence-corrected chi connectivity index (χ3v) is 1.82. The summed E-state index contributed by atoms with van der Waals surface area (Å²) in [7, 11) is 0. The van der Waals surface area contributed by atoms with E-state index in [2.05, 4.69) is 6.58 Å². The first-order valence-corrected chi connectivity index (χ1v) is 5.36. The number of carbonyl (C=O) groups excluding carboxylic acids is 1. The van der Waals surface area contributed by atoms with Crippen molar-refractivity contribution >= 4 is 5.97 Å². The molecule has 0 spiro atoms. The molecule has 0 aliphatic rings. The van der Waals surface area contributed by atoms with Crippen LogP contribution < -0.4 is 0 Å². The Labute approximate surface area is 98.6 Å². The molecule has 0 N–H and O–H groups in total. The smallest absolute Gasteiger partial charge is 0.389 e. The first kappa shape index (κ1) is 16.0. The first-order valence-electron chi connectivity index (χ1n) is 5.36. The highest BCUT2D eigenvalue weighted by molar-refractivity contribution is 5.69. The number of hydrogen-bond donors (Lipinski definition) is 0. The van der Waals surface area contributed by atoms with Crippen LogP contribution in [0.25, 0.3) is 0 Å². The number of carbonyl (C=O) groups is 1. The van der Waals surface area contributed by atoms with Gasteiger partial charge >= 0.3 is 12.1 Å². The van der Waals surface area contributed by atoms with Crippen LogP contribution in [-0.2, 0) is 14.3 Å². The predicted octanol–water partition coefficient (Wildman–Crippen LogP) is 2.85.